The zero-order valence-corrected chi connectivity index (χ0v) is 7.98. The fraction of sp³-hybridized carbons (Fsp3) is 1.00. The van der Waals surface area contributed by atoms with Crippen molar-refractivity contribution in [2.24, 2.45) is 0 Å². The van der Waals surface area contributed by atoms with Gasteiger partial charge in [-0.05, 0) is 20.3 Å². The highest BCUT2D eigenvalue weighted by Crippen LogP contribution is 2.24. The average Bonchev–Trinajstić information content (AvgIpc) is 2.12. The van der Waals surface area contributed by atoms with Gasteiger partial charge in [0.05, 0.1) is 12.7 Å². The van der Waals surface area contributed by atoms with Crippen LogP contribution in [0, 0.1) is 0 Å². The van der Waals surface area contributed by atoms with Crippen LogP contribution >= 0.6 is 15.9 Å². The molecule has 0 N–H and O–H groups in total. The minimum Gasteiger partial charge on any atom is -0.348 e. The second-order valence-electron chi connectivity index (χ2n) is 2.93. The molecule has 1 heterocycles. The summed E-state index contributed by atoms with van der Waals surface area (Å²) in [6.45, 7) is 4.63. The van der Waals surface area contributed by atoms with E-state index in [0.29, 0.717) is 0 Å². The molecule has 2 nitrogen and oxygen atoms in total. The average molecular weight is 209 g/mol. The van der Waals surface area contributed by atoms with Crippen molar-refractivity contribution in [1.29, 1.82) is 0 Å². The predicted molar refractivity (Wildman–Crippen MR) is 43.3 cm³/mol. The zero-order valence-electron chi connectivity index (χ0n) is 6.39. The van der Waals surface area contributed by atoms with Gasteiger partial charge in [0.25, 0.3) is 0 Å². The van der Waals surface area contributed by atoms with Gasteiger partial charge in [0.1, 0.15) is 0 Å². The molecule has 0 spiro atoms. The quantitative estimate of drug-likeness (QED) is 0.647. The number of ether oxygens (including phenoxy) is 2. The Morgan fingerprint density at radius 3 is 2.70 bits per heavy atom. The molecule has 3 heteroatoms. The van der Waals surface area contributed by atoms with E-state index in [-0.39, 0.29) is 11.9 Å². The second-order valence-corrected chi connectivity index (χ2v) is 3.72. The minimum atomic E-state index is -0.354. The summed E-state index contributed by atoms with van der Waals surface area (Å²) in [5, 5.41) is 0.983. The molecule has 0 aliphatic carbocycles. The summed E-state index contributed by atoms with van der Waals surface area (Å²) in [6.07, 6.45) is 1.32. The van der Waals surface area contributed by atoms with Crippen molar-refractivity contribution in [3.63, 3.8) is 0 Å². The maximum Gasteiger partial charge on any atom is 0.163 e. The van der Waals surface area contributed by atoms with E-state index < -0.39 is 0 Å². The first-order valence-electron chi connectivity index (χ1n) is 3.52. The Bertz CT molecular complexity index is 114. The van der Waals surface area contributed by atoms with Crippen molar-refractivity contribution in [2.75, 3.05) is 11.9 Å². The van der Waals surface area contributed by atoms with Gasteiger partial charge in [0.2, 0.25) is 0 Å². The van der Waals surface area contributed by atoms with Crippen LogP contribution in [0.3, 0.4) is 0 Å². The van der Waals surface area contributed by atoms with Crippen molar-refractivity contribution in [3.8, 4) is 0 Å². The Kier molecular flexibility index (Phi) is 2.72. The third-order valence-corrected chi connectivity index (χ3v) is 1.96. The van der Waals surface area contributed by atoms with Gasteiger partial charge in [-0.1, -0.05) is 15.9 Å². The molecule has 0 aromatic rings. The van der Waals surface area contributed by atoms with E-state index in [1.165, 1.54) is 0 Å². The van der Waals surface area contributed by atoms with Crippen molar-refractivity contribution >= 4 is 15.9 Å². The second kappa shape index (κ2) is 3.20. The lowest BCUT2D eigenvalue weighted by Crippen LogP contribution is -2.21. The Labute approximate surface area is 70.0 Å². The number of hydrogen-bond donors (Lipinski definition) is 0. The Morgan fingerprint density at radius 1 is 1.60 bits per heavy atom. The van der Waals surface area contributed by atoms with Crippen LogP contribution in [0.1, 0.15) is 20.3 Å². The van der Waals surface area contributed by atoms with Crippen LogP contribution in [-0.2, 0) is 9.47 Å². The lowest BCUT2D eigenvalue weighted by atomic mass is 10.3. The van der Waals surface area contributed by atoms with Gasteiger partial charge in [0.15, 0.2) is 5.79 Å². The van der Waals surface area contributed by atoms with Gasteiger partial charge in [-0.25, -0.2) is 0 Å². The first-order chi connectivity index (χ1) is 4.64. The minimum absolute atomic E-state index is 0.286. The van der Waals surface area contributed by atoms with E-state index in [1.807, 2.05) is 13.8 Å². The molecule has 0 aromatic heterocycles. The smallest absolute Gasteiger partial charge is 0.163 e. The van der Waals surface area contributed by atoms with Crippen molar-refractivity contribution < 1.29 is 9.47 Å². The molecule has 0 bridgehead atoms. The van der Waals surface area contributed by atoms with Crippen molar-refractivity contribution in [3.05, 3.63) is 0 Å². The first-order valence-corrected chi connectivity index (χ1v) is 4.64. The number of hydrogen-bond acceptors (Lipinski definition) is 2. The summed E-state index contributed by atoms with van der Waals surface area (Å²) < 4.78 is 10.9. The van der Waals surface area contributed by atoms with Crippen LogP contribution in [0.2, 0.25) is 0 Å². The normalized spacial score (nSPS) is 30.9. The van der Waals surface area contributed by atoms with Crippen molar-refractivity contribution in [2.45, 2.75) is 32.2 Å². The first kappa shape index (κ1) is 8.50. The molecule has 1 aliphatic rings. The van der Waals surface area contributed by atoms with Gasteiger partial charge < -0.3 is 9.47 Å². The van der Waals surface area contributed by atoms with E-state index in [1.54, 1.807) is 0 Å². The molecule has 10 heavy (non-hydrogen) atoms. The van der Waals surface area contributed by atoms with Crippen molar-refractivity contribution in [1.82, 2.24) is 0 Å². The van der Waals surface area contributed by atoms with Gasteiger partial charge in [-0.2, -0.15) is 0 Å². The number of rotatable bonds is 2. The van der Waals surface area contributed by atoms with Crippen LogP contribution < -0.4 is 0 Å². The zero-order chi connectivity index (χ0) is 7.61. The van der Waals surface area contributed by atoms with E-state index >= 15 is 0 Å². The van der Waals surface area contributed by atoms with E-state index in [9.17, 15) is 0 Å². The summed E-state index contributed by atoms with van der Waals surface area (Å²) in [5.41, 5.74) is 0. The third-order valence-electron chi connectivity index (χ3n) is 1.50. The molecule has 0 aromatic carbocycles. The van der Waals surface area contributed by atoms with Crippen LogP contribution in [0.15, 0.2) is 0 Å². The molecule has 1 rings (SSSR count). The summed E-state index contributed by atoms with van der Waals surface area (Å²) in [5.74, 6) is -0.354. The summed E-state index contributed by atoms with van der Waals surface area (Å²) in [7, 11) is 0. The van der Waals surface area contributed by atoms with E-state index in [4.69, 9.17) is 9.47 Å². The molecule has 1 fully saturated rings. The Balaban J connectivity index is 2.29. The SMILES string of the molecule is CC1(C)OC[C@H](CCBr)O1. The molecule has 0 radical (unpaired) electrons. The third kappa shape index (κ3) is 2.22. The van der Waals surface area contributed by atoms with Crippen LogP contribution in [0.5, 0.6) is 0 Å². The maximum atomic E-state index is 5.54. The van der Waals surface area contributed by atoms with Gasteiger partial charge in [-0.3, -0.25) is 0 Å². The highest BCUT2D eigenvalue weighted by Gasteiger charge is 2.31. The molecule has 1 aliphatic heterocycles. The molecular formula is C7H13BrO2. The monoisotopic (exact) mass is 208 g/mol. The standard InChI is InChI=1S/C7H13BrO2/c1-7(2)9-5-6(10-7)3-4-8/h6H,3-5H2,1-2H3/t6-/m0/s1. The summed E-state index contributed by atoms with van der Waals surface area (Å²) in [6, 6.07) is 0. The Morgan fingerprint density at radius 2 is 2.30 bits per heavy atom. The fourth-order valence-corrected chi connectivity index (χ4v) is 1.54. The molecule has 0 unspecified atom stereocenters. The predicted octanol–water partition coefficient (Wildman–Crippen LogP) is 1.92. The summed E-state index contributed by atoms with van der Waals surface area (Å²) >= 11 is 3.36. The Hall–Kier alpha value is 0.400. The lowest BCUT2D eigenvalue weighted by molar-refractivity contribution is -0.138. The maximum absolute atomic E-state index is 5.54. The highest BCUT2D eigenvalue weighted by atomic mass is 79.9. The van der Waals surface area contributed by atoms with Gasteiger partial charge in [-0.15, -0.1) is 0 Å². The summed E-state index contributed by atoms with van der Waals surface area (Å²) in [4.78, 5) is 0. The number of alkyl halides is 1. The fourth-order valence-electron chi connectivity index (χ4n) is 1.03. The van der Waals surface area contributed by atoms with Gasteiger partial charge in [0, 0.05) is 5.33 Å². The van der Waals surface area contributed by atoms with Crippen LogP contribution in [0.4, 0.5) is 0 Å². The molecule has 1 atom stereocenters. The highest BCUT2D eigenvalue weighted by molar-refractivity contribution is 9.09. The largest absolute Gasteiger partial charge is 0.348 e. The van der Waals surface area contributed by atoms with Gasteiger partial charge >= 0.3 is 0 Å². The molecule has 0 saturated carbocycles. The number of halogens is 1. The lowest BCUT2D eigenvalue weighted by Gasteiger charge is -2.16. The molecule has 60 valence electrons. The molecular weight excluding hydrogens is 196 g/mol. The van der Waals surface area contributed by atoms with Crippen LogP contribution in [0.25, 0.3) is 0 Å². The molecule has 0 amide bonds. The van der Waals surface area contributed by atoms with E-state index in [2.05, 4.69) is 15.9 Å². The van der Waals surface area contributed by atoms with Crippen LogP contribution in [-0.4, -0.2) is 23.8 Å². The van der Waals surface area contributed by atoms with E-state index in [0.717, 1.165) is 18.4 Å². The molecule has 1 saturated heterocycles. The topological polar surface area (TPSA) is 18.5 Å².